The van der Waals surface area contributed by atoms with Gasteiger partial charge in [0.05, 0.1) is 0 Å². The van der Waals surface area contributed by atoms with Crippen molar-refractivity contribution < 1.29 is 0 Å². The summed E-state index contributed by atoms with van der Waals surface area (Å²) in [6.45, 7) is 12.0. The maximum Gasteiger partial charge on any atom is 0.127 e. The minimum Gasteiger partial charge on any atom is -0.332 e. The molecule has 0 bridgehead atoms. The first-order chi connectivity index (χ1) is 9.80. The average molecular weight is 300 g/mol. The molecule has 0 fully saturated rings. The summed E-state index contributed by atoms with van der Waals surface area (Å²) in [4.78, 5) is 4.03. The van der Waals surface area contributed by atoms with Gasteiger partial charge in [-0.1, -0.05) is 49.5 Å². The first-order valence-electron chi connectivity index (χ1n) is 8.34. The van der Waals surface area contributed by atoms with E-state index in [1.165, 1.54) is 12.8 Å². The number of nitrogens with one attached hydrogen (secondary N) is 1. The van der Waals surface area contributed by atoms with Crippen molar-refractivity contribution in [2.75, 3.05) is 0 Å². The van der Waals surface area contributed by atoms with Crippen LogP contribution in [0.1, 0.15) is 56.2 Å². The van der Waals surface area contributed by atoms with Crippen LogP contribution < -0.4 is 4.98 Å². The summed E-state index contributed by atoms with van der Waals surface area (Å²) in [5.74, 6) is 1.47. The molecule has 1 N–H and O–H groups in total. The Kier molecular flexibility index (Phi) is 3.65. The van der Waals surface area contributed by atoms with Crippen LogP contribution in [0.5, 0.6) is 0 Å². The quantitative estimate of drug-likeness (QED) is 0.601. The minimum atomic E-state index is -1.55. The molecule has 3 rings (SSSR count). The van der Waals surface area contributed by atoms with Crippen molar-refractivity contribution >= 4 is 8.24 Å². The number of hydrogen-bond acceptors (Lipinski definition) is 1. The maximum absolute atomic E-state index is 4.03. The second-order valence-electron chi connectivity index (χ2n) is 8.40. The van der Waals surface area contributed by atoms with E-state index in [9.17, 15) is 0 Å². The lowest BCUT2D eigenvalue weighted by molar-refractivity contribution is 0.425. The molecule has 114 valence electrons. The molecule has 0 saturated heterocycles. The topological polar surface area (TPSA) is 12.0 Å². The van der Waals surface area contributed by atoms with E-state index in [2.05, 4.69) is 75.3 Å². The molecule has 2 aliphatic carbocycles. The molecule has 3 atom stereocenters. The smallest absolute Gasteiger partial charge is 0.127 e. The highest BCUT2D eigenvalue weighted by Gasteiger charge is 2.48. The number of allylic oxidation sites excluding steroid dienone is 2. The summed E-state index contributed by atoms with van der Waals surface area (Å²) in [6.07, 6.45) is 7.48. The van der Waals surface area contributed by atoms with Crippen molar-refractivity contribution in [2.24, 2.45) is 5.92 Å². The van der Waals surface area contributed by atoms with Gasteiger partial charge in [-0.05, 0) is 56.2 Å². The van der Waals surface area contributed by atoms with E-state index >= 15 is 0 Å². The summed E-state index contributed by atoms with van der Waals surface area (Å²) in [6, 6.07) is 9.20. The SMILES string of the molecule is CC(C)(C)N[Si](C)(C)C1c2ccccc2C2C=CCCC21. The number of benzene rings is 1. The van der Waals surface area contributed by atoms with Gasteiger partial charge in [-0.25, -0.2) is 0 Å². The Morgan fingerprint density at radius 1 is 1.10 bits per heavy atom. The molecule has 2 aliphatic rings. The predicted molar refractivity (Wildman–Crippen MR) is 94.2 cm³/mol. The molecule has 0 aliphatic heterocycles. The second kappa shape index (κ2) is 5.10. The van der Waals surface area contributed by atoms with E-state index in [0.29, 0.717) is 5.92 Å². The molecular formula is C19H29NSi. The van der Waals surface area contributed by atoms with Gasteiger partial charge in [0.2, 0.25) is 0 Å². The maximum atomic E-state index is 4.03. The lowest BCUT2D eigenvalue weighted by Crippen LogP contribution is -2.59. The Hall–Kier alpha value is -0.863. The predicted octanol–water partition coefficient (Wildman–Crippen LogP) is 4.97. The highest BCUT2D eigenvalue weighted by molar-refractivity contribution is 6.76. The van der Waals surface area contributed by atoms with Gasteiger partial charge in [0.1, 0.15) is 8.24 Å². The second-order valence-corrected chi connectivity index (χ2v) is 12.7. The van der Waals surface area contributed by atoms with Crippen molar-refractivity contribution in [1.82, 2.24) is 4.98 Å². The Morgan fingerprint density at radius 3 is 2.43 bits per heavy atom. The fourth-order valence-corrected chi connectivity index (χ4v) is 9.43. The largest absolute Gasteiger partial charge is 0.332 e. The first-order valence-corrected chi connectivity index (χ1v) is 11.4. The summed E-state index contributed by atoms with van der Waals surface area (Å²) in [5.41, 5.74) is 4.17. The van der Waals surface area contributed by atoms with Crippen LogP contribution in [0.2, 0.25) is 13.1 Å². The number of rotatable bonds is 2. The number of fused-ring (bicyclic) bond motifs is 3. The van der Waals surface area contributed by atoms with E-state index in [1.54, 1.807) is 11.1 Å². The van der Waals surface area contributed by atoms with Crippen molar-refractivity contribution in [3.63, 3.8) is 0 Å². The van der Waals surface area contributed by atoms with Gasteiger partial charge in [0, 0.05) is 11.5 Å². The van der Waals surface area contributed by atoms with Crippen LogP contribution in [0, 0.1) is 5.92 Å². The molecule has 2 heteroatoms. The summed E-state index contributed by atoms with van der Waals surface area (Å²) in [5, 5.41) is 0. The molecule has 3 unspecified atom stereocenters. The van der Waals surface area contributed by atoms with Crippen LogP contribution in [0.25, 0.3) is 0 Å². The molecule has 0 aromatic heterocycles. The van der Waals surface area contributed by atoms with E-state index in [0.717, 1.165) is 11.5 Å². The lowest BCUT2D eigenvalue weighted by atomic mass is 9.84. The van der Waals surface area contributed by atoms with Gasteiger partial charge < -0.3 is 4.98 Å². The Labute approximate surface area is 130 Å². The molecule has 0 amide bonds. The summed E-state index contributed by atoms with van der Waals surface area (Å²) < 4.78 is 0. The van der Waals surface area contributed by atoms with Crippen LogP contribution in [0.3, 0.4) is 0 Å². The van der Waals surface area contributed by atoms with Crippen molar-refractivity contribution in [1.29, 1.82) is 0 Å². The fourth-order valence-electron chi connectivity index (χ4n) is 4.86. The van der Waals surface area contributed by atoms with Gasteiger partial charge in [-0.15, -0.1) is 0 Å². The van der Waals surface area contributed by atoms with Crippen molar-refractivity contribution in [2.45, 2.75) is 63.7 Å². The Morgan fingerprint density at radius 2 is 1.76 bits per heavy atom. The minimum absolute atomic E-state index is 0.202. The fraction of sp³-hybridized carbons (Fsp3) is 0.579. The summed E-state index contributed by atoms with van der Waals surface area (Å²) in [7, 11) is -1.55. The van der Waals surface area contributed by atoms with Crippen LogP contribution in [-0.2, 0) is 0 Å². The molecule has 1 nitrogen and oxygen atoms in total. The zero-order valence-electron chi connectivity index (χ0n) is 14.1. The molecule has 0 spiro atoms. The Bertz CT molecular complexity index is 553. The third kappa shape index (κ3) is 2.76. The summed E-state index contributed by atoms with van der Waals surface area (Å²) >= 11 is 0. The first kappa shape index (κ1) is 15.0. The highest BCUT2D eigenvalue weighted by Crippen LogP contribution is 2.53. The van der Waals surface area contributed by atoms with E-state index in [1.807, 2.05) is 0 Å². The van der Waals surface area contributed by atoms with E-state index in [4.69, 9.17) is 0 Å². The van der Waals surface area contributed by atoms with Crippen LogP contribution in [-0.4, -0.2) is 13.8 Å². The molecule has 1 aromatic carbocycles. The third-order valence-electron chi connectivity index (χ3n) is 5.06. The standard InChI is InChI=1S/C19H29NSi/c1-19(2,3)20-21(4,5)18-16-12-8-6-10-14(16)15-11-7-9-13-17(15)18/h6-8,10-12,15,17-18,20H,9,13H2,1-5H3. The molecule has 21 heavy (non-hydrogen) atoms. The molecule has 0 saturated carbocycles. The highest BCUT2D eigenvalue weighted by atomic mass is 28.3. The van der Waals surface area contributed by atoms with Crippen molar-refractivity contribution in [3.05, 3.63) is 47.5 Å². The van der Waals surface area contributed by atoms with Gasteiger partial charge in [-0.3, -0.25) is 0 Å². The molecule has 0 heterocycles. The van der Waals surface area contributed by atoms with Crippen LogP contribution in [0.4, 0.5) is 0 Å². The van der Waals surface area contributed by atoms with E-state index in [-0.39, 0.29) is 5.54 Å². The zero-order chi connectivity index (χ0) is 15.3. The molecule has 0 radical (unpaired) electrons. The molecule has 1 aromatic rings. The van der Waals surface area contributed by atoms with Crippen molar-refractivity contribution in [3.8, 4) is 0 Å². The zero-order valence-corrected chi connectivity index (χ0v) is 15.1. The average Bonchev–Trinajstić information content (AvgIpc) is 2.71. The normalized spacial score (nSPS) is 28.3. The number of hydrogen-bond donors (Lipinski definition) is 1. The Balaban J connectivity index is 2.03. The van der Waals surface area contributed by atoms with Gasteiger partial charge in [-0.2, -0.15) is 0 Å². The van der Waals surface area contributed by atoms with Gasteiger partial charge in [0.15, 0.2) is 0 Å². The monoisotopic (exact) mass is 299 g/mol. The lowest BCUT2D eigenvalue weighted by Gasteiger charge is -2.41. The van der Waals surface area contributed by atoms with Gasteiger partial charge in [0.25, 0.3) is 0 Å². The third-order valence-corrected chi connectivity index (χ3v) is 8.75. The van der Waals surface area contributed by atoms with Crippen LogP contribution >= 0.6 is 0 Å². The van der Waals surface area contributed by atoms with Gasteiger partial charge >= 0.3 is 0 Å². The molecular weight excluding hydrogens is 270 g/mol. The van der Waals surface area contributed by atoms with E-state index < -0.39 is 8.24 Å². The van der Waals surface area contributed by atoms with Crippen LogP contribution in [0.15, 0.2) is 36.4 Å².